The van der Waals surface area contributed by atoms with Crippen LogP contribution >= 0.6 is 0 Å². The second kappa shape index (κ2) is 11.0. The van der Waals surface area contributed by atoms with Crippen molar-refractivity contribution in [1.82, 2.24) is 20.0 Å². The molecule has 0 bridgehead atoms. The molecule has 0 amide bonds. The Kier molecular flexibility index (Phi) is 8.37. The molecule has 0 aromatic heterocycles. The number of guanidine groups is 1. The molecule has 2 saturated heterocycles. The van der Waals surface area contributed by atoms with Crippen molar-refractivity contribution in [1.29, 1.82) is 0 Å². The third-order valence-electron chi connectivity index (χ3n) is 6.49. The summed E-state index contributed by atoms with van der Waals surface area (Å²) in [5.74, 6) is 2.46. The molecule has 0 saturated carbocycles. The average molecular weight is 400 g/mol. The fourth-order valence-electron chi connectivity index (χ4n) is 4.65. The smallest absolute Gasteiger partial charge is 0.193 e. The lowest BCUT2D eigenvalue weighted by Gasteiger charge is -2.39. The molecule has 5 heteroatoms. The highest BCUT2D eigenvalue weighted by Crippen LogP contribution is 2.21. The second-order valence-corrected chi connectivity index (χ2v) is 9.14. The maximum absolute atomic E-state index is 5.13. The van der Waals surface area contributed by atoms with Crippen molar-refractivity contribution in [3.63, 3.8) is 0 Å². The Morgan fingerprint density at radius 3 is 2.48 bits per heavy atom. The van der Waals surface area contributed by atoms with Crippen LogP contribution in [-0.4, -0.2) is 86.1 Å². The zero-order valence-corrected chi connectivity index (χ0v) is 19.0. The van der Waals surface area contributed by atoms with Crippen LogP contribution in [0.25, 0.3) is 0 Å². The van der Waals surface area contributed by atoms with E-state index < -0.39 is 0 Å². The molecule has 0 radical (unpaired) electrons. The summed E-state index contributed by atoms with van der Waals surface area (Å²) in [4.78, 5) is 12.7. The van der Waals surface area contributed by atoms with Crippen LogP contribution in [0.3, 0.4) is 0 Å². The number of hydrogen-bond acceptors (Lipinski definition) is 3. The molecule has 2 heterocycles. The lowest BCUT2D eigenvalue weighted by molar-refractivity contribution is 0.0924. The van der Waals surface area contributed by atoms with E-state index in [9.17, 15) is 0 Å². The van der Waals surface area contributed by atoms with Crippen LogP contribution in [-0.2, 0) is 6.42 Å². The van der Waals surface area contributed by atoms with Gasteiger partial charge in [-0.15, -0.1) is 0 Å². The van der Waals surface area contributed by atoms with Crippen LogP contribution in [0.2, 0.25) is 0 Å². The van der Waals surface area contributed by atoms with Crippen LogP contribution in [0, 0.1) is 11.8 Å². The van der Waals surface area contributed by atoms with Gasteiger partial charge in [-0.05, 0) is 44.2 Å². The summed E-state index contributed by atoms with van der Waals surface area (Å²) in [6, 6.07) is 11.4. The zero-order chi connectivity index (χ0) is 20.6. The van der Waals surface area contributed by atoms with Crippen molar-refractivity contribution in [3.05, 3.63) is 35.9 Å². The third-order valence-corrected chi connectivity index (χ3v) is 6.49. The Labute approximate surface area is 178 Å². The molecule has 2 aliphatic rings. The largest absolute Gasteiger partial charge is 0.357 e. The van der Waals surface area contributed by atoms with Crippen molar-refractivity contribution in [3.8, 4) is 0 Å². The molecular weight excluding hydrogens is 358 g/mol. The van der Waals surface area contributed by atoms with Crippen molar-refractivity contribution in [2.45, 2.75) is 39.7 Å². The fourth-order valence-corrected chi connectivity index (χ4v) is 4.65. The summed E-state index contributed by atoms with van der Waals surface area (Å²) < 4.78 is 0. The summed E-state index contributed by atoms with van der Waals surface area (Å²) in [5.41, 5.74) is 1.45. The Balaban J connectivity index is 1.59. The summed E-state index contributed by atoms with van der Waals surface area (Å²) in [6.45, 7) is 15.6. The Morgan fingerprint density at radius 2 is 1.83 bits per heavy atom. The molecule has 3 rings (SSSR count). The number of nitrogens with one attached hydrogen (secondary N) is 1. The van der Waals surface area contributed by atoms with Gasteiger partial charge in [-0.3, -0.25) is 9.89 Å². The van der Waals surface area contributed by atoms with E-state index >= 15 is 0 Å². The Hall–Kier alpha value is -1.59. The van der Waals surface area contributed by atoms with E-state index in [1.807, 2.05) is 0 Å². The van der Waals surface area contributed by atoms with Crippen molar-refractivity contribution < 1.29 is 0 Å². The van der Waals surface area contributed by atoms with E-state index in [0.29, 0.717) is 12.0 Å². The normalized spacial score (nSPS) is 23.0. The first-order valence-corrected chi connectivity index (χ1v) is 11.6. The number of rotatable bonds is 7. The minimum absolute atomic E-state index is 0.528. The molecule has 2 fully saturated rings. The summed E-state index contributed by atoms with van der Waals surface area (Å²) in [5, 5.41) is 3.56. The van der Waals surface area contributed by atoms with Crippen LogP contribution in [0.5, 0.6) is 0 Å². The van der Waals surface area contributed by atoms with Crippen LogP contribution in [0.1, 0.15) is 32.8 Å². The molecule has 1 aromatic carbocycles. The number of aliphatic imine (C=N–C) groups is 1. The molecular formula is C24H41N5. The number of hydrogen-bond donors (Lipinski definition) is 1. The van der Waals surface area contributed by atoms with E-state index in [1.165, 1.54) is 31.5 Å². The first-order valence-electron chi connectivity index (χ1n) is 11.6. The van der Waals surface area contributed by atoms with Crippen molar-refractivity contribution >= 4 is 5.96 Å². The van der Waals surface area contributed by atoms with Gasteiger partial charge in [0.2, 0.25) is 0 Å². The molecule has 0 aliphatic carbocycles. The minimum Gasteiger partial charge on any atom is -0.357 e. The number of benzene rings is 1. The van der Waals surface area contributed by atoms with Crippen LogP contribution < -0.4 is 5.32 Å². The lowest BCUT2D eigenvalue weighted by atomic mass is 9.99. The minimum atomic E-state index is 0.528. The first-order chi connectivity index (χ1) is 14.1. The van der Waals surface area contributed by atoms with Gasteiger partial charge in [0, 0.05) is 51.9 Å². The molecule has 29 heavy (non-hydrogen) atoms. The topological polar surface area (TPSA) is 34.1 Å². The molecule has 2 unspecified atom stereocenters. The van der Waals surface area contributed by atoms with Gasteiger partial charge in [-0.1, -0.05) is 44.2 Å². The van der Waals surface area contributed by atoms with Crippen LogP contribution in [0.4, 0.5) is 0 Å². The fraction of sp³-hybridized carbons (Fsp3) is 0.708. The first kappa shape index (κ1) is 22.1. The number of nitrogens with zero attached hydrogens (tertiary/aromatic N) is 4. The maximum atomic E-state index is 5.13. The van der Waals surface area contributed by atoms with Gasteiger partial charge in [0.05, 0.1) is 6.54 Å². The second-order valence-electron chi connectivity index (χ2n) is 9.14. The molecule has 162 valence electrons. The highest BCUT2D eigenvalue weighted by atomic mass is 15.3. The predicted molar refractivity (Wildman–Crippen MR) is 124 cm³/mol. The Morgan fingerprint density at radius 1 is 1.10 bits per heavy atom. The number of piperazine rings is 1. The lowest BCUT2D eigenvalue weighted by Crippen LogP contribution is -2.52. The van der Waals surface area contributed by atoms with Gasteiger partial charge in [-0.25, -0.2) is 0 Å². The highest BCUT2D eigenvalue weighted by Gasteiger charge is 2.27. The molecule has 2 atom stereocenters. The maximum Gasteiger partial charge on any atom is 0.193 e. The summed E-state index contributed by atoms with van der Waals surface area (Å²) >= 11 is 0. The monoisotopic (exact) mass is 399 g/mol. The van der Waals surface area contributed by atoms with E-state index in [0.717, 1.165) is 51.1 Å². The number of likely N-dealkylation sites (N-methyl/N-ethyl adjacent to an activating group) is 1. The highest BCUT2D eigenvalue weighted by molar-refractivity contribution is 5.80. The SMILES string of the molecule is CCNC(=NCC(C(C)C)N1CCN(C)CC1)N1CCC(Cc2ccccc2)C1. The summed E-state index contributed by atoms with van der Waals surface area (Å²) in [6.07, 6.45) is 2.43. The Bertz CT molecular complexity index is 621. The zero-order valence-electron chi connectivity index (χ0n) is 19.0. The quantitative estimate of drug-likeness (QED) is 0.565. The molecule has 1 aromatic rings. The molecule has 5 nitrogen and oxygen atoms in total. The van der Waals surface area contributed by atoms with Gasteiger partial charge in [0.15, 0.2) is 5.96 Å². The van der Waals surface area contributed by atoms with Gasteiger partial charge < -0.3 is 15.1 Å². The molecule has 2 aliphatic heterocycles. The van der Waals surface area contributed by atoms with Crippen LogP contribution in [0.15, 0.2) is 35.3 Å². The third kappa shape index (κ3) is 6.45. The van der Waals surface area contributed by atoms with E-state index in [1.54, 1.807) is 0 Å². The molecule has 0 spiro atoms. The molecule has 1 N–H and O–H groups in total. The standard InChI is InChI=1S/C24H41N5/c1-5-25-24(26-18-23(20(2)3)28-15-13-27(4)14-16-28)29-12-11-22(19-29)17-21-9-7-6-8-10-21/h6-10,20,22-23H,5,11-19H2,1-4H3,(H,25,26). The van der Waals surface area contributed by atoms with Crippen molar-refractivity contribution in [2.75, 3.05) is 59.4 Å². The van der Waals surface area contributed by atoms with Gasteiger partial charge in [0.1, 0.15) is 0 Å². The van der Waals surface area contributed by atoms with Gasteiger partial charge in [0.25, 0.3) is 0 Å². The van der Waals surface area contributed by atoms with Crippen molar-refractivity contribution in [2.24, 2.45) is 16.8 Å². The average Bonchev–Trinajstić information content (AvgIpc) is 3.17. The predicted octanol–water partition coefficient (Wildman–Crippen LogP) is 2.79. The van der Waals surface area contributed by atoms with E-state index in [2.05, 4.69) is 78.2 Å². The van der Waals surface area contributed by atoms with E-state index in [4.69, 9.17) is 4.99 Å². The van der Waals surface area contributed by atoms with E-state index in [-0.39, 0.29) is 0 Å². The van der Waals surface area contributed by atoms with Gasteiger partial charge >= 0.3 is 0 Å². The summed E-state index contributed by atoms with van der Waals surface area (Å²) in [7, 11) is 2.22. The van der Waals surface area contributed by atoms with Gasteiger partial charge in [-0.2, -0.15) is 0 Å². The number of likely N-dealkylation sites (tertiary alicyclic amines) is 1.